The van der Waals surface area contributed by atoms with Gasteiger partial charge >= 0.3 is 5.69 Å². The Morgan fingerprint density at radius 3 is 2.47 bits per heavy atom. The number of fused-ring (bicyclic) bond motifs is 1. The summed E-state index contributed by atoms with van der Waals surface area (Å²) in [4.78, 5) is 32.2. The SMILES string of the molecule is Cc1ccc(OC[C@H](O)Cn2c(N3CCCCC3)nc3c2c(=O)n(C)c(=O)n3C)cc1C. The van der Waals surface area contributed by atoms with Crippen LogP contribution in [-0.4, -0.2) is 49.6 Å². The first-order chi connectivity index (χ1) is 15.3. The lowest BCUT2D eigenvalue weighted by molar-refractivity contribution is 0.0935. The van der Waals surface area contributed by atoms with E-state index >= 15 is 0 Å². The lowest BCUT2D eigenvalue weighted by atomic mass is 10.1. The highest BCUT2D eigenvalue weighted by Crippen LogP contribution is 2.24. The van der Waals surface area contributed by atoms with Crippen LogP contribution in [0.15, 0.2) is 27.8 Å². The van der Waals surface area contributed by atoms with Crippen molar-refractivity contribution >= 4 is 17.1 Å². The molecule has 1 atom stereocenters. The third kappa shape index (κ3) is 4.04. The fraction of sp³-hybridized carbons (Fsp3) is 0.522. The molecule has 3 heterocycles. The summed E-state index contributed by atoms with van der Waals surface area (Å²) in [6.07, 6.45) is 2.38. The van der Waals surface area contributed by atoms with E-state index in [0.717, 1.165) is 42.5 Å². The van der Waals surface area contributed by atoms with Crippen LogP contribution in [0, 0.1) is 13.8 Å². The number of aliphatic hydroxyl groups excluding tert-OH is 1. The molecule has 9 heteroatoms. The van der Waals surface area contributed by atoms with Crippen LogP contribution in [0.2, 0.25) is 0 Å². The number of aryl methyl sites for hydroxylation is 3. The van der Waals surface area contributed by atoms with Crippen LogP contribution >= 0.6 is 0 Å². The van der Waals surface area contributed by atoms with Gasteiger partial charge in [-0.15, -0.1) is 0 Å². The van der Waals surface area contributed by atoms with Gasteiger partial charge in [0.05, 0.1) is 6.54 Å². The number of nitrogens with zero attached hydrogens (tertiary/aromatic N) is 5. The summed E-state index contributed by atoms with van der Waals surface area (Å²) in [6.45, 7) is 5.92. The summed E-state index contributed by atoms with van der Waals surface area (Å²) in [7, 11) is 3.07. The molecule has 0 aliphatic carbocycles. The van der Waals surface area contributed by atoms with Crippen molar-refractivity contribution in [3.8, 4) is 5.75 Å². The number of piperidine rings is 1. The topological polar surface area (TPSA) is 94.5 Å². The van der Waals surface area contributed by atoms with Crippen molar-refractivity contribution in [2.45, 2.75) is 45.8 Å². The van der Waals surface area contributed by atoms with Crippen LogP contribution in [0.5, 0.6) is 5.75 Å². The highest BCUT2D eigenvalue weighted by molar-refractivity contribution is 5.74. The molecule has 0 amide bonds. The number of imidazole rings is 1. The minimum Gasteiger partial charge on any atom is -0.491 e. The Kier molecular flexibility index (Phi) is 6.10. The highest BCUT2D eigenvalue weighted by atomic mass is 16.5. The molecule has 172 valence electrons. The van der Waals surface area contributed by atoms with E-state index in [1.54, 1.807) is 11.6 Å². The first-order valence-corrected chi connectivity index (χ1v) is 11.1. The molecule has 0 spiro atoms. The molecule has 1 saturated heterocycles. The molecule has 1 N–H and O–H groups in total. The Hall–Kier alpha value is -3.07. The molecule has 3 aromatic rings. The first kappa shape index (κ1) is 22.1. The predicted octanol–water partition coefficient (Wildman–Crippen LogP) is 1.48. The number of ether oxygens (including phenoxy) is 1. The molecule has 1 aromatic carbocycles. The van der Waals surface area contributed by atoms with Crippen molar-refractivity contribution in [3.05, 3.63) is 50.2 Å². The van der Waals surface area contributed by atoms with E-state index in [2.05, 4.69) is 9.88 Å². The van der Waals surface area contributed by atoms with Gasteiger partial charge in [-0.2, -0.15) is 4.98 Å². The van der Waals surface area contributed by atoms with Gasteiger partial charge in [0.25, 0.3) is 5.56 Å². The minimum atomic E-state index is -0.862. The summed E-state index contributed by atoms with van der Waals surface area (Å²) < 4.78 is 10.0. The molecule has 1 aliphatic heterocycles. The van der Waals surface area contributed by atoms with Crippen molar-refractivity contribution in [3.63, 3.8) is 0 Å². The first-order valence-electron chi connectivity index (χ1n) is 11.1. The van der Waals surface area contributed by atoms with E-state index in [4.69, 9.17) is 4.74 Å². The Labute approximate surface area is 186 Å². The zero-order valence-corrected chi connectivity index (χ0v) is 19.2. The normalized spacial score (nSPS) is 15.3. The Bertz CT molecular complexity index is 1250. The molecule has 2 aromatic heterocycles. The summed E-state index contributed by atoms with van der Waals surface area (Å²) in [5.41, 5.74) is 2.11. The van der Waals surface area contributed by atoms with E-state index in [1.165, 1.54) is 17.2 Å². The summed E-state index contributed by atoms with van der Waals surface area (Å²) in [5, 5.41) is 10.8. The van der Waals surface area contributed by atoms with Gasteiger partial charge in [-0.05, 0) is 56.4 Å². The van der Waals surface area contributed by atoms with Gasteiger partial charge in [0.2, 0.25) is 5.95 Å². The quantitative estimate of drug-likeness (QED) is 0.623. The maximum atomic E-state index is 13.0. The summed E-state index contributed by atoms with van der Waals surface area (Å²) >= 11 is 0. The maximum Gasteiger partial charge on any atom is 0.332 e. The maximum absolute atomic E-state index is 13.0. The number of rotatable bonds is 6. The molecule has 0 saturated carbocycles. The van der Waals surface area contributed by atoms with Gasteiger partial charge in [-0.1, -0.05) is 6.07 Å². The van der Waals surface area contributed by atoms with Crippen molar-refractivity contribution in [2.24, 2.45) is 14.1 Å². The summed E-state index contributed by atoms with van der Waals surface area (Å²) in [6, 6.07) is 5.81. The van der Waals surface area contributed by atoms with Crippen LogP contribution in [0.1, 0.15) is 30.4 Å². The Morgan fingerprint density at radius 2 is 1.78 bits per heavy atom. The molecular formula is C23H31N5O4. The Morgan fingerprint density at radius 1 is 1.06 bits per heavy atom. The molecule has 1 fully saturated rings. The molecule has 1 aliphatic rings. The number of hydrogen-bond donors (Lipinski definition) is 1. The predicted molar refractivity (Wildman–Crippen MR) is 124 cm³/mol. The molecule has 0 unspecified atom stereocenters. The standard InChI is InChI=1S/C23H31N5O4/c1-15-8-9-18(12-16(15)2)32-14-17(29)13-28-19-20(25(3)23(31)26(4)21(19)30)24-22(28)27-10-6-5-7-11-27/h8-9,12,17,29H,5-7,10-11,13-14H2,1-4H3/t17-/m1/s1. The van der Waals surface area contributed by atoms with Crippen LogP contribution < -0.4 is 20.9 Å². The van der Waals surface area contributed by atoms with Crippen molar-refractivity contribution < 1.29 is 9.84 Å². The second kappa shape index (κ2) is 8.82. The van der Waals surface area contributed by atoms with Crippen molar-refractivity contribution in [1.29, 1.82) is 0 Å². The zero-order valence-electron chi connectivity index (χ0n) is 19.2. The number of hydrogen-bond acceptors (Lipinski definition) is 6. The van der Waals surface area contributed by atoms with E-state index in [0.29, 0.717) is 22.9 Å². The Balaban J connectivity index is 1.68. The van der Waals surface area contributed by atoms with E-state index in [9.17, 15) is 14.7 Å². The van der Waals surface area contributed by atoms with E-state index in [-0.39, 0.29) is 13.2 Å². The lowest BCUT2D eigenvalue weighted by Gasteiger charge is -2.28. The zero-order chi connectivity index (χ0) is 23.0. The second-order valence-electron chi connectivity index (χ2n) is 8.66. The number of benzene rings is 1. The van der Waals surface area contributed by atoms with Crippen LogP contribution in [0.4, 0.5) is 5.95 Å². The van der Waals surface area contributed by atoms with Crippen molar-refractivity contribution in [1.82, 2.24) is 18.7 Å². The largest absolute Gasteiger partial charge is 0.491 e. The third-order valence-corrected chi connectivity index (χ3v) is 6.28. The number of aliphatic hydroxyl groups is 1. The fourth-order valence-corrected chi connectivity index (χ4v) is 4.20. The monoisotopic (exact) mass is 441 g/mol. The molecule has 9 nitrogen and oxygen atoms in total. The smallest absolute Gasteiger partial charge is 0.332 e. The van der Waals surface area contributed by atoms with Crippen molar-refractivity contribution in [2.75, 3.05) is 24.6 Å². The third-order valence-electron chi connectivity index (χ3n) is 6.28. The van der Waals surface area contributed by atoms with E-state index < -0.39 is 17.4 Å². The van der Waals surface area contributed by atoms with Gasteiger partial charge in [0.1, 0.15) is 18.5 Å². The van der Waals surface area contributed by atoms with Gasteiger partial charge < -0.3 is 19.3 Å². The fourth-order valence-electron chi connectivity index (χ4n) is 4.20. The van der Waals surface area contributed by atoms with Crippen LogP contribution in [0.3, 0.4) is 0 Å². The second-order valence-corrected chi connectivity index (χ2v) is 8.66. The van der Waals surface area contributed by atoms with Gasteiger partial charge in [0, 0.05) is 27.2 Å². The van der Waals surface area contributed by atoms with Crippen LogP contribution in [0.25, 0.3) is 11.2 Å². The van der Waals surface area contributed by atoms with Gasteiger partial charge in [-0.3, -0.25) is 13.9 Å². The minimum absolute atomic E-state index is 0.0771. The molecule has 4 rings (SSSR count). The van der Waals surface area contributed by atoms with Crippen LogP contribution in [-0.2, 0) is 20.6 Å². The average molecular weight is 442 g/mol. The lowest BCUT2D eigenvalue weighted by Crippen LogP contribution is -2.38. The highest BCUT2D eigenvalue weighted by Gasteiger charge is 2.25. The number of aromatic nitrogens is 4. The number of anilines is 1. The molecule has 0 bridgehead atoms. The molecule has 32 heavy (non-hydrogen) atoms. The molecule has 0 radical (unpaired) electrons. The average Bonchev–Trinajstić information content (AvgIpc) is 3.17. The molecular weight excluding hydrogens is 410 g/mol. The summed E-state index contributed by atoms with van der Waals surface area (Å²) in [5.74, 6) is 1.31. The van der Waals surface area contributed by atoms with Gasteiger partial charge in [0.15, 0.2) is 11.2 Å². The van der Waals surface area contributed by atoms with Gasteiger partial charge in [-0.25, -0.2) is 4.79 Å². The van der Waals surface area contributed by atoms with E-state index in [1.807, 2.05) is 32.0 Å².